The molecular weight excluding hydrogens is 235 g/mol. The van der Waals surface area contributed by atoms with Gasteiger partial charge < -0.3 is 5.32 Å². The van der Waals surface area contributed by atoms with E-state index in [1.807, 2.05) is 26.0 Å². The molecule has 1 aromatic carbocycles. The summed E-state index contributed by atoms with van der Waals surface area (Å²) in [6.07, 6.45) is 0.0747. The normalized spacial score (nSPS) is 23.8. The summed E-state index contributed by atoms with van der Waals surface area (Å²) in [5.74, 6) is -2.72. The minimum Gasteiger partial charge on any atom is -0.325 e. The van der Waals surface area contributed by atoms with E-state index in [2.05, 4.69) is 5.32 Å². The third-order valence-corrected chi connectivity index (χ3v) is 4.21. The second-order valence-corrected chi connectivity index (χ2v) is 5.44. The van der Waals surface area contributed by atoms with Gasteiger partial charge in [0.25, 0.3) is 0 Å². The zero-order valence-corrected chi connectivity index (χ0v) is 10.2. The smallest absolute Gasteiger partial charge is 0.248 e. The summed E-state index contributed by atoms with van der Waals surface area (Å²) in [4.78, 5) is 12.2. The van der Waals surface area contributed by atoms with E-state index in [0.29, 0.717) is 0 Å². The summed E-state index contributed by atoms with van der Waals surface area (Å²) in [5, 5.41) is 2.84. The largest absolute Gasteiger partial charge is 0.325 e. The molecule has 0 aromatic heterocycles. The Morgan fingerprint density at radius 3 is 2.50 bits per heavy atom. The zero-order chi connectivity index (χ0) is 13.0. The molecule has 0 bridgehead atoms. The summed E-state index contributed by atoms with van der Waals surface area (Å²) >= 11 is 0. The number of benzene rings is 1. The highest BCUT2D eigenvalue weighted by molar-refractivity contribution is 6.33. The van der Waals surface area contributed by atoms with E-state index in [9.17, 15) is 13.6 Å². The highest BCUT2D eigenvalue weighted by Crippen LogP contribution is 2.50. The van der Waals surface area contributed by atoms with E-state index in [4.69, 9.17) is 0 Å². The Bertz CT molecular complexity index is 520. The number of hydrogen-bond acceptors (Lipinski definition) is 1. The number of carbonyl (C=O) groups excluding carboxylic acids is 1. The predicted octanol–water partition coefficient (Wildman–Crippen LogP) is 1.34. The van der Waals surface area contributed by atoms with Crippen LogP contribution < -0.4 is 10.8 Å². The van der Waals surface area contributed by atoms with Crippen LogP contribution in [0.1, 0.15) is 31.2 Å². The van der Waals surface area contributed by atoms with Gasteiger partial charge in [-0.3, -0.25) is 4.79 Å². The molecule has 1 saturated carbocycles. The lowest BCUT2D eigenvalue weighted by atomic mass is 9.69. The van der Waals surface area contributed by atoms with Crippen LogP contribution in [0.4, 0.5) is 14.5 Å². The Morgan fingerprint density at radius 1 is 1.17 bits per heavy atom. The van der Waals surface area contributed by atoms with Gasteiger partial charge in [-0.25, -0.2) is 8.78 Å². The molecule has 2 nitrogen and oxygen atoms in total. The predicted molar refractivity (Wildman–Crippen MR) is 68.3 cm³/mol. The SMILES string of the molecule is Bc1ccc2c(c1)NC(=O)C21CCC(F)(F)CC1. The number of rotatable bonds is 0. The molecular formula is C13H14BF2NO. The van der Waals surface area contributed by atoms with Crippen LogP contribution in [0.5, 0.6) is 0 Å². The second-order valence-electron chi connectivity index (χ2n) is 5.44. The van der Waals surface area contributed by atoms with E-state index in [1.54, 1.807) is 0 Å². The first-order valence-corrected chi connectivity index (χ1v) is 6.23. The van der Waals surface area contributed by atoms with Crippen molar-refractivity contribution in [1.82, 2.24) is 0 Å². The molecule has 1 aliphatic carbocycles. The van der Waals surface area contributed by atoms with E-state index >= 15 is 0 Å². The highest BCUT2D eigenvalue weighted by Gasteiger charge is 2.52. The lowest BCUT2D eigenvalue weighted by molar-refractivity contribution is -0.125. The topological polar surface area (TPSA) is 29.1 Å². The maximum absolute atomic E-state index is 13.3. The van der Waals surface area contributed by atoms with Gasteiger partial charge in [-0.15, -0.1) is 0 Å². The van der Waals surface area contributed by atoms with Crippen LogP contribution >= 0.6 is 0 Å². The van der Waals surface area contributed by atoms with E-state index < -0.39 is 11.3 Å². The van der Waals surface area contributed by atoms with Crippen molar-refractivity contribution >= 4 is 24.9 Å². The third-order valence-electron chi connectivity index (χ3n) is 4.21. The molecule has 0 radical (unpaired) electrons. The van der Waals surface area contributed by atoms with Crippen molar-refractivity contribution < 1.29 is 13.6 Å². The fraction of sp³-hybridized carbons (Fsp3) is 0.462. The molecule has 1 heterocycles. The molecule has 3 rings (SSSR count). The van der Waals surface area contributed by atoms with Crippen LogP contribution in [0, 0.1) is 0 Å². The number of hydrogen-bond donors (Lipinski definition) is 1. The maximum Gasteiger partial charge on any atom is 0.248 e. The van der Waals surface area contributed by atoms with Crippen LogP contribution in [-0.4, -0.2) is 19.7 Å². The van der Waals surface area contributed by atoms with Crippen molar-refractivity contribution in [2.75, 3.05) is 5.32 Å². The fourth-order valence-corrected chi connectivity index (χ4v) is 3.08. The van der Waals surface area contributed by atoms with E-state index in [-0.39, 0.29) is 31.6 Å². The zero-order valence-electron chi connectivity index (χ0n) is 10.2. The van der Waals surface area contributed by atoms with Crippen molar-refractivity contribution in [1.29, 1.82) is 0 Å². The lowest BCUT2D eigenvalue weighted by Gasteiger charge is -2.35. The van der Waals surface area contributed by atoms with Crippen molar-refractivity contribution in [2.45, 2.75) is 37.0 Å². The number of alkyl halides is 2. The average molecular weight is 249 g/mol. The van der Waals surface area contributed by atoms with E-state index in [0.717, 1.165) is 16.7 Å². The van der Waals surface area contributed by atoms with Crippen LogP contribution in [-0.2, 0) is 10.2 Å². The fourth-order valence-electron chi connectivity index (χ4n) is 3.08. The van der Waals surface area contributed by atoms with Crippen LogP contribution in [0.3, 0.4) is 0 Å². The van der Waals surface area contributed by atoms with Crippen molar-refractivity contribution in [2.24, 2.45) is 0 Å². The van der Waals surface area contributed by atoms with Crippen molar-refractivity contribution in [3.8, 4) is 0 Å². The molecule has 1 fully saturated rings. The first kappa shape index (κ1) is 11.7. The van der Waals surface area contributed by atoms with Gasteiger partial charge in [0.1, 0.15) is 7.85 Å². The Morgan fingerprint density at radius 2 is 1.83 bits per heavy atom. The maximum atomic E-state index is 13.3. The van der Waals surface area contributed by atoms with Gasteiger partial charge in [0.15, 0.2) is 0 Å². The van der Waals surface area contributed by atoms with Gasteiger partial charge in [0, 0.05) is 18.5 Å². The van der Waals surface area contributed by atoms with Crippen LogP contribution in [0.15, 0.2) is 18.2 Å². The van der Waals surface area contributed by atoms with E-state index in [1.165, 1.54) is 0 Å². The number of anilines is 1. The number of nitrogens with one attached hydrogen (secondary N) is 1. The van der Waals surface area contributed by atoms with Gasteiger partial charge in [-0.2, -0.15) is 0 Å². The Kier molecular flexibility index (Phi) is 2.31. The lowest BCUT2D eigenvalue weighted by Crippen LogP contribution is -2.41. The molecule has 1 aromatic rings. The molecule has 1 aliphatic heterocycles. The van der Waals surface area contributed by atoms with Gasteiger partial charge >= 0.3 is 0 Å². The minimum absolute atomic E-state index is 0.112. The summed E-state index contributed by atoms with van der Waals surface area (Å²) in [7, 11) is 1.95. The summed E-state index contributed by atoms with van der Waals surface area (Å²) in [6, 6.07) is 5.76. The van der Waals surface area contributed by atoms with Crippen molar-refractivity contribution in [3.63, 3.8) is 0 Å². The minimum atomic E-state index is -2.61. The summed E-state index contributed by atoms with van der Waals surface area (Å²) < 4.78 is 26.6. The van der Waals surface area contributed by atoms with Gasteiger partial charge in [-0.05, 0) is 24.5 Å². The van der Waals surface area contributed by atoms with Crippen molar-refractivity contribution in [3.05, 3.63) is 23.8 Å². The Balaban J connectivity index is 2.02. The average Bonchev–Trinajstić information content (AvgIpc) is 2.55. The van der Waals surface area contributed by atoms with Gasteiger partial charge in [-0.1, -0.05) is 17.6 Å². The molecule has 0 atom stereocenters. The molecule has 1 N–H and O–H groups in total. The summed E-state index contributed by atoms with van der Waals surface area (Å²) in [6.45, 7) is 0. The number of amides is 1. The number of carbonyl (C=O) groups is 1. The molecule has 94 valence electrons. The molecule has 0 saturated heterocycles. The standard InChI is InChI=1S/C13H14BF2NO/c14-8-1-2-9-10(7-8)17-11(18)12(9)3-5-13(15,16)6-4-12/h1-2,7H,3-6,14H2,(H,17,18). The molecule has 1 amide bonds. The molecule has 2 aliphatic rings. The quantitative estimate of drug-likeness (QED) is 0.691. The molecule has 18 heavy (non-hydrogen) atoms. The number of halogens is 2. The molecule has 0 unspecified atom stereocenters. The van der Waals surface area contributed by atoms with Crippen LogP contribution in [0.2, 0.25) is 0 Å². The number of fused-ring (bicyclic) bond motifs is 2. The summed E-state index contributed by atoms with van der Waals surface area (Å²) in [5.41, 5.74) is 2.04. The second kappa shape index (κ2) is 3.56. The van der Waals surface area contributed by atoms with Crippen LogP contribution in [0.25, 0.3) is 0 Å². The highest BCUT2D eigenvalue weighted by atomic mass is 19.3. The van der Waals surface area contributed by atoms with Gasteiger partial charge in [0.2, 0.25) is 11.8 Å². The molecule has 5 heteroatoms. The third kappa shape index (κ3) is 1.56. The first-order valence-electron chi connectivity index (χ1n) is 6.23. The first-order chi connectivity index (χ1) is 8.43. The monoisotopic (exact) mass is 249 g/mol. The molecule has 1 spiro atoms. The Labute approximate surface area is 105 Å². The van der Waals surface area contributed by atoms with Gasteiger partial charge in [0.05, 0.1) is 5.41 Å². The Hall–Kier alpha value is -1.39.